The minimum atomic E-state index is -0.290. The average Bonchev–Trinajstić information content (AvgIpc) is 3.05. The van der Waals surface area contributed by atoms with Gasteiger partial charge < -0.3 is 20.9 Å². The van der Waals surface area contributed by atoms with E-state index in [1.165, 1.54) is 0 Å². The van der Waals surface area contributed by atoms with Gasteiger partial charge in [-0.15, -0.1) is 0 Å². The fraction of sp³-hybridized carbons (Fsp3) is 0.375. The van der Waals surface area contributed by atoms with Gasteiger partial charge in [-0.1, -0.05) is 31.2 Å². The zero-order valence-electron chi connectivity index (χ0n) is 17.7. The van der Waals surface area contributed by atoms with Crippen molar-refractivity contribution in [1.82, 2.24) is 9.80 Å². The molecule has 7 nitrogen and oxygen atoms in total. The Hall–Kier alpha value is -3.35. The number of nitrogens with zero attached hydrogens (tertiary/aromatic N) is 2. The third-order valence-electron chi connectivity index (χ3n) is 6.12. The lowest BCUT2D eigenvalue weighted by Crippen LogP contribution is -2.41. The minimum absolute atomic E-state index is 0.0273. The first-order valence-corrected chi connectivity index (χ1v) is 10.8. The Balaban J connectivity index is 1.51. The third-order valence-corrected chi connectivity index (χ3v) is 6.12. The SMILES string of the molecule is CCCN1C(=O)c2ccccc2C1Nc1cccc(C(=O)N2CCC(C(N)=O)CC2)c1. The number of fused-ring (bicyclic) bond motifs is 1. The molecule has 3 N–H and O–H groups in total. The molecule has 0 saturated carbocycles. The molecule has 4 rings (SSSR count). The number of amides is 3. The second-order valence-electron chi connectivity index (χ2n) is 8.18. The van der Waals surface area contributed by atoms with Crippen LogP contribution in [0.1, 0.15) is 58.6 Å². The molecule has 0 radical (unpaired) electrons. The number of benzene rings is 2. The molecule has 1 atom stereocenters. The zero-order chi connectivity index (χ0) is 22.0. The molecule has 2 aliphatic heterocycles. The van der Waals surface area contributed by atoms with E-state index < -0.39 is 0 Å². The molecule has 2 aromatic rings. The summed E-state index contributed by atoms with van der Waals surface area (Å²) in [4.78, 5) is 40.8. The summed E-state index contributed by atoms with van der Waals surface area (Å²) in [6.45, 7) is 3.75. The largest absolute Gasteiger partial charge is 0.369 e. The fourth-order valence-corrected chi connectivity index (χ4v) is 4.45. The maximum Gasteiger partial charge on any atom is 0.256 e. The van der Waals surface area contributed by atoms with Crippen molar-refractivity contribution in [3.05, 3.63) is 65.2 Å². The number of hydrogen-bond donors (Lipinski definition) is 2. The van der Waals surface area contributed by atoms with Crippen LogP contribution in [0.15, 0.2) is 48.5 Å². The van der Waals surface area contributed by atoms with Gasteiger partial charge in [-0.25, -0.2) is 0 Å². The van der Waals surface area contributed by atoms with Crippen molar-refractivity contribution >= 4 is 23.4 Å². The first-order chi connectivity index (χ1) is 15.0. The van der Waals surface area contributed by atoms with E-state index in [9.17, 15) is 14.4 Å². The number of carbonyl (C=O) groups is 3. The molecule has 7 heteroatoms. The van der Waals surface area contributed by atoms with Crippen LogP contribution in [0.5, 0.6) is 0 Å². The number of piperidine rings is 1. The Kier molecular flexibility index (Phi) is 5.93. The molecule has 0 aliphatic carbocycles. The molecule has 1 fully saturated rings. The highest BCUT2D eigenvalue weighted by atomic mass is 16.2. The summed E-state index contributed by atoms with van der Waals surface area (Å²) in [6.07, 6.45) is 1.80. The molecule has 2 aliphatic rings. The molecule has 2 heterocycles. The number of nitrogens with one attached hydrogen (secondary N) is 1. The minimum Gasteiger partial charge on any atom is -0.369 e. The number of likely N-dealkylation sites (tertiary alicyclic amines) is 1. The molecule has 0 aromatic heterocycles. The summed E-state index contributed by atoms with van der Waals surface area (Å²) in [7, 11) is 0. The number of nitrogens with two attached hydrogens (primary N) is 1. The standard InChI is InChI=1S/C24H28N4O3/c1-2-12-28-22(19-8-3-4-9-20(19)24(28)31)26-18-7-5-6-17(15-18)23(30)27-13-10-16(11-14-27)21(25)29/h3-9,15-16,22,26H,2,10-14H2,1H3,(H2,25,29). The van der Waals surface area contributed by atoms with Crippen LogP contribution >= 0.6 is 0 Å². The Labute approximate surface area is 182 Å². The lowest BCUT2D eigenvalue weighted by Gasteiger charge is -2.31. The quantitative estimate of drug-likeness (QED) is 0.751. The molecule has 31 heavy (non-hydrogen) atoms. The Morgan fingerprint density at radius 1 is 1.10 bits per heavy atom. The van der Waals surface area contributed by atoms with Gasteiger partial charge in [0, 0.05) is 47.9 Å². The van der Waals surface area contributed by atoms with Crippen molar-refractivity contribution < 1.29 is 14.4 Å². The van der Waals surface area contributed by atoms with E-state index in [1.54, 1.807) is 11.0 Å². The smallest absolute Gasteiger partial charge is 0.256 e. The van der Waals surface area contributed by atoms with Gasteiger partial charge in [-0.2, -0.15) is 0 Å². The summed E-state index contributed by atoms with van der Waals surface area (Å²) < 4.78 is 0. The lowest BCUT2D eigenvalue weighted by atomic mass is 9.96. The molecule has 2 aromatic carbocycles. The maximum atomic E-state index is 13.0. The average molecular weight is 421 g/mol. The van der Waals surface area contributed by atoms with Gasteiger partial charge in [0.1, 0.15) is 6.17 Å². The summed E-state index contributed by atoms with van der Waals surface area (Å²) in [5, 5.41) is 3.46. The molecular formula is C24H28N4O3. The predicted octanol–water partition coefficient (Wildman–Crippen LogP) is 3.00. The molecule has 3 amide bonds. The molecular weight excluding hydrogens is 392 g/mol. The van der Waals surface area contributed by atoms with E-state index in [4.69, 9.17) is 5.73 Å². The van der Waals surface area contributed by atoms with Crippen molar-refractivity contribution in [2.24, 2.45) is 11.7 Å². The highest BCUT2D eigenvalue weighted by molar-refractivity contribution is 5.99. The van der Waals surface area contributed by atoms with Gasteiger partial charge >= 0.3 is 0 Å². The number of hydrogen-bond acceptors (Lipinski definition) is 4. The van der Waals surface area contributed by atoms with Gasteiger partial charge in [0.05, 0.1) is 0 Å². The number of carbonyl (C=O) groups excluding carboxylic acids is 3. The zero-order valence-corrected chi connectivity index (χ0v) is 17.7. The van der Waals surface area contributed by atoms with Gasteiger partial charge in [0.15, 0.2) is 0 Å². The van der Waals surface area contributed by atoms with Crippen LogP contribution in [-0.4, -0.2) is 47.2 Å². The molecule has 0 bridgehead atoms. The first-order valence-electron chi connectivity index (χ1n) is 10.8. The Morgan fingerprint density at radius 2 is 1.84 bits per heavy atom. The van der Waals surface area contributed by atoms with E-state index in [0.717, 1.165) is 23.2 Å². The summed E-state index contributed by atoms with van der Waals surface area (Å²) in [5.41, 5.74) is 8.44. The van der Waals surface area contributed by atoms with E-state index >= 15 is 0 Å². The van der Waals surface area contributed by atoms with Crippen LogP contribution in [0, 0.1) is 5.92 Å². The third kappa shape index (κ3) is 4.13. The van der Waals surface area contributed by atoms with Crippen molar-refractivity contribution in [2.75, 3.05) is 25.0 Å². The van der Waals surface area contributed by atoms with E-state index in [2.05, 4.69) is 5.32 Å². The topological polar surface area (TPSA) is 95.7 Å². The highest BCUT2D eigenvalue weighted by Crippen LogP contribution is 2.34. The van der Waals surface area contributed by atoms with Crippen LogP contribution < -0.4 is 11.1 Å². The van der Waals surface area contributed by atoms with Crippen molar-refractivity contribution in [1.29, 1.82) is 0 Å². The second kappa shape index (κ2) is 8.79. The van der Waals surface area contributed by atoms with Crippen molar-refractivity contribution in [3.8, 4) is 0 Å². The van der Waals surface area contributed by atoms with E-state index in [0.29, 0.717) is 38.0 Å². The normalized spacial score (nSPS) is 18.7. The molecule has 0 spiro atoms. The second-order valence-corrected chi connectivity index (χ2v) is 8.18. The van der Waals surface area contributed by atoms with Crippen LogP contribution in [0.4, 0.5) is 5.69 Å². The molecule has 1 saturated heterocycles. The van der Waals surface area contributed by atoms with Crippen LogP contribution in [0.3, 0.4) is 0 Å². The Morgan fingerprint density at radius 3 is 2.55 bits per heavy atom. The molecule has 1 unspecified atom stereocenters. The first kappa shape index (κ1) is 20.9. The Bertz CT molecular complexity index is 998. The van der Waals surface area contributed by atoms with Crippen molar-refractivity contribution in [3.63, 3.8) is 0 Å². The lowest BCUT2D eigenvalue weighted by molar-refractivity contribution is -0.123. The fourth-order valence-electron chi connectivity index (χ4n) is 4.45. The monoisotopic (exact) mass is 420 g/mol. The number of primary amides is 1. The maximum absolute atomic E-state index is 13.0. The summed E-state index contributed by atoms with van der Waals surface area (Å²) >= 11 is 0. The molecule has 162 valence electrons. The van der Waals surface area contributed by atoms with Gasteiger partial charge in [-0.3, -0.25) is 14.4 Å². The summed E-state index contributed by atoms with van der Waals surface area (Å²) in [6, 6.07) is 15.0. The number of anilines is 1. The van der Waals surface area contributed by atoms with Crippen LogP contribution in [0.2, 0.25) is 0 Å². The predicted molar refractivity (Wildman–Crippen MR) is 118 cm³/mol. The van der Waals surface area contributed by atoms with Crippen molar-refractivity contribution in [2.45, 2.75) is 32.4 Å². The van der Waals surface area contributed by atoms with Crippen LogP contribution in [0.25, 0.3) is 0 Å². The highest BCUT2D eigenvalue weighted by Gasteiger charge is 2.36. The van der Waals surface area contributed by atoms with Gasteiger partial charge in [0.25, 0.3) is 11.8 Å². The van der Waals surface area contributed by atoms with Gasteiger partial charge in [0.2, 0.25) is 5.91 Å². The summed E-state index contributed by atoms with van der Waals surface area (Å²) in [5.74, 6) is -0.470. The number of rotatable bonds is 6. The van der Waals surface area contributed by atoms with E-state index in [1.807, 2.05) is 54.3 Å². The van der Waals surface area contributed by atoms with Crippen LogP contribution in [-0.2, 0) is 4.79 Å². The van der Waals surface area contributed by atoms with E-state index in [-0.39, 0.29) is 29.8 Å². The van der Waals surface area contributed by atoms with Gasteiger partial charge in [-0.05, 0) is 43.5 Å².